The molecular formula is C16H23N3S. The summed E-state index contributed by atoms with van der Waals surface area (Å²) < 4.78 is 0. The van der Waals surface area contributed by atoms with Crippen LogP contribution < -0.4 is 5.32 Å². The molecule has 20 heavy (non-hydrogen) atoms. The van der Waals surface area contributed by atoms with Crippen molar-refractivity contribution in [2.45, 2.75) is 63.1 Å². The molecule has 1 fully saturated rings. The maximum atomic E-state index is 9.32. The van der Waals surface area contributed by atoms with Gasteiger partial charge in [-0.3, -0.25) is 5.32 Å². The molecule has 1 aromatic heterocycles. The van der Waals surface area contributed by atoms with Crippen molar-refractivity contribution >= 4 is 11.8 Å². The number of pyridine rings is 1. The number of hydrogen-bond donors (Lipinski definition) is 1. The zero-order valence-electron chi connectivity index (χ0n) is 12.6. The standard InChI is InChI=1S/C16H23N3S/c1-12-9-13(2)18-15(10-12)20-8-4-7-16(3,11-17)19-14-5-6-14/h9-10,14,19H,4-8H2,1-3H3. The van der Waals surface area contributed by atoms with Gasteiger partial charge in [0.2, 0.25) is 0 Å². The predicted molar refractivity (Wildman–Crippen MR) is 83.8 cm³/mol. The Morgan fingerprint density at radius 1 is 1.45 bits per heavy atom. The third-order valence-corrected chi connectivity index (χ3v) is 4.49. The SMILES string of the molecule is Cc1cc(C)nc(SCCCC(C)(C#N)NC2CC2)c1. The Hall–Kier alpha value is -1.05. The van der Waals surface area contributed by atoms with E-state index in [0.717, 1.165) is 29.3 Å². The van der Waals surface area contributed by atoms with Gasteiger partial charge in [0.15, 0.2) is 0 Å². The molecule has 3 nitrogen and oxygen atoms in total. The minimum atomic E-state index is -0.363. The highest BCUT2D eigenvalue weighted by molar-refractivity contribution is 7.99. The lowest BCUT2D eigenvalue weighted by molar-refractivity contribution is 0.412. The van der Waals surface area contributed by atoms with Crippen LogP contribution in [0.3, 0.4) is 0 Å². The van der Waals surface area contributed by atoms with Crippen molar-refractivity contribution in [3.05, 3.63) is 23.4 Å². The Bertz CT molecular complexity index is 485. The Morgan fingerprint density at radius 2 is 2.20 bits per heavy atom. The van der Waals surface area contributed by atoms with Crippen molar-refractivity contribution in [3.63, 3.8) is 0 Å². The first kappa shape index (κ1) is 15.3. The van der Waals surface area contributed by atoms with Crippen molar-refractivity contribution in [1.29, 1.82) is 5.26 Å². The van der Waals surface area contributed by atoms with Gasteiger partial charge in [-0.15, -0.1) is 11.8 Å². The number of nitrogens with zero attached hydrogens (tertiary/aromatic N) is 2. The van der Waals surface area contributed by atoms with E-state index in [1.54, 1.807) is 11.8 Å². The van der Waals surface area contributed by atoms with E-state index in [1.807, 2.05) is 13.8 Å². The molecule has 1 atom stereocenters. The first-order valence-electron chi connectivity index (χ1n) is 7.28. The van der Waals surface area contributed by atoms with E-state index in [9.17, 15) is 5.26 Å². The van der Waals surface area contributed by atoms with Crippen LogP contribution in [0, 0.1) is 25.2 Å². The van der Waals surface area contributed by atoms with Gasteiger partial charge in [0.25, 0.3) is 0 Å². The summed E-state index contributed by atoms with van der Waals surface area (Å²) in [4.78, 5) is 4.53. The summed E-state index contributed by atoms with van der Waals surface area (Å²) in [6, 6.07) is 7.23. The number of rotatable bonds is 7. The second-order valence-electron chi connectivity index (χ2n) is 5.94. The highest BCUT2D eigenvalue weighted by atomic mass is 32.2. The molecule has 4 heteroatoms. The molecule has 0 aliphatic heterocycles. The molecule has 0 spiro atoms. The molecule has 0 bridgehead atoms. The van der Waals surface area contributed by atoms with Crippen LogP contribution in [0.1, 0.15) is 43.9 Å². The maximum absolute atomic E-state index is 9.32. The van der Waals surface area contributed by atoms with Crippen LogP contribution in [0.5, 0.6) is 0 Å². The average molecular weight is 289 g/mol. The van der Waals surface area contributed by atoms with Gasteiger partial charge >= 0.3 is 0 Å². The third kappa shape index (κ3) is 4.81. The van der Waals surface area contributed by atoms with Gasteiger partial charge in [-0.1, -0.05) is 0 Å². The molecule has 1 aromatic rings. The molecule has 0 aromatic carbocycles. The quantitative estimate of drug-likeness (QED) is 0.615. The normalized spacial score (nSPS) is 17.5. The number of hydrogen-bond acceptors (Lipinski definition) is 4. The number of aromatic nitrogens is 1. The van der Waals surface area contributed by atoms with Crippen molar-refractivity contribution in [3.8, 4) is 6.07 Å². The molecule has 1 N–H and O–H groups in total. The van der Waals surface area contributed by atoms with E-state index in [0.29, 0.717) is 6.04 Å². The van der Waals surface area contributed by atoms with Crippen LogP contribution in [-0.2, 0) is 0 Å². The fourth-order valence-electron chi connectivity index (χ4n) is 2.32. The minimum absolute atomic E-state index is 0.363. The monoisotopic (exact) mass is 289 g/mol. The average Bonchev–Trinajstić information content (AvgIpc) is 3.17. The van der Waals surface area contributed by atoms with Crippen molar-refractivity contribution in [2.75, 3.05) is 5.75 Å². The summed E-state index contributed by atoms with van der Waals surface area (Å²) in [5, 5.41) is 13.9. The molecule has 1 heterocycles. The van der Waals surface area contributed by atoms with Gasteiger partial charge in [-0.05, 0) is 69.9 Å². The zero-order chi connectivity index (χ0) is 14.6. The summed E-state index contributed by atoms with van der Waals surface area (Å²) >= 11 is 1.79. The second kappa shape index (κ2) is 6.60. The van der Waals surface area contributed by atoms with E-state index < -0.39 is 0 Å². The molecule has 1 unspecified atom stereocenters. The van der Waals surface area contributed by atoms with Gasteiger partial charge < -0.3 is 0 Å². The smallest absolute Gasteiger partial charge is 0.104 e. The van der Waals surface area contributed by atoms with Gasteiger partial charge in [0, 0.05) is 11.7 Å². The van der Waals surface area contributed by atoms with Crippen LogP contribution in [0.2, 0.25) is 0 Å². The lowest BCUT2D eigenvalue weighted by Gasteiger charge is -2.23. The van der Waals surface area contributed by atoms with Crippen LogP contribution >= 0.6 is 11.8 Å². The van der Waals surface area contributed by atoms with E-state index in [1.165, 1.54) is 18.4 Å². The van der Waals surface area contributed by atoms with Crippen molar-refractivity contribution in [1.82, 2.24) is 10.3 Å². The maximum Gasteiger partial charge on any atom is 0.104 e. The van der Waals surface area contributed by atoms with Gasteiger partial charge in [-0.25, -0.2) is 4.98 Å². The highest BCUT2D eigenvalue weighted by Crippen LogP contribution is 2.26. The topological polar surface area (TPSA) is 48.7 Å². The van der Waals surface area contributed by atoms with E-state index in [4.69, 9.17) is 0 Å². The molecule has 1 aliphatic carbocycles. The van der Waals surface area contributed by atoms with E-state index >= 15 is 0 Å². The summed E-state index contributed by atoms with van der Waals surface area (Å²) in [6.07, 6.45) is 4.37. The molecule has 108 valence electrons. The predicted octanol–water partition coefficient (Wildman–Crippen LogP) is 3.61. The highest BCUT2D eigenvalue weighted by Gasteiger charge is 2.31. The van der Waals surface area contributed by atoms with Crippen LogP contribution in [0.15, 0.2) is 17.2 Å². The first-order valence-corrected chi connectivity index (χ1v) is 8.26. The minimum Gasteiger partial charge on any atom is -0.297 e. The lowest BCUT2D eigenvalue weighted by Crippen LogP contribution is -2.42. The molecule has 1 aliphatic rings. The summed E-state index contributed by atoms with van der Waals surface area (Å²) in [6.45, 7) is 6.15. The number of nitrogens with one attached hydrogen (secondary N) is 1. The largest absolute Gasteiger partial charge is 0.297 e. The number of aryl methyl sites for hydroxylation is 2. The summed E-state index contributed by atoms with van der Waals surface area (Å²) in [5.74, 6) is 1.01. The number of nitriles is 1. The Labute approximate surface area is 126 Å². The second-order valence-corrected chi connectivity index (χ2v) is 7.05. The summed E-state index contributed by atoms with van der Waals surface area (Å²) in [5.41, 5.74) is 1.97. The first-order chi connectivity index (χ1) is 9.50. The van der Waals surface area contributed by atoms with Crippen molar-refractivity contribution < 1.29 is 0 Å². The summed E-state index contributed by atoms with van der Waals surface area (Å²) in [7, 11) is 0. The Morgan fingerprint density at radius 3 is 2.80 bits per heavy atom. The molecule has 2 rings (SSSR count). The van der Waals surface area contributed by atoms with Crippen molar-refractivity contribution in [2.24, 2.45) is 0 Å². The van der Waals surface area contributed by atoms with E-state index in [-0.39, 0.29) is 5.54 Å². The van der Waals surface area contributed by atoms with Crippen LogP contribution in [0.25, 0.3) is 0 Å². The number of thioether (sulfide) groups is 1. The molecule has 0 radical (unpaired) electrons. The Balaban J connectivity index is 1.76. The fraction of sp³-hybridized carbons (Fsp3) is 0.625. The lowest BCUT2D eigenvalue weighted by atomic mass is 9.98. The third-order valence-electron chi connectivity index (χ3n) is 3.49. The van der Waals surface area contributed by atoms with Crippen LogP contribution in [-0.4, -0.2) is 22.3 Å². The molecule has 0 saturated heterocycles. The van der Waals surface area contributed by atoms with Crippen LogP contribution in [0.4, 0.5) is 0 Å². The van der Waals surface area contributed by atoms with E-state index in [2.05, 4.69) is 35.4 Å². The Kier molecular flexibility index (Phi) is 5.06. The zero-order valence-corrected chi connectivity index (χ0v) is 13.4. The van der Waals surface area contributed by atoms with Gasteiger partial charge in [0.05, 0.1) is 11.1 Å². The van der Waals surface area contributed by atoms with Gasteiger partial charge in [-0.2, -0.15) is 5.26 Å². The molecule has 0 amide bonds. The molecular weight excluding hydrogens is 266 g/mol. The molecule has 1 saturated carbocycles. The fourth-order valence-corrected chi connectivity index (χ4v) is 3.29. The van der Waals surface area contributed by atoms with Gasteiger partial charge in [0.1, 0.15) is 5.54 Å².